The van der Waals surface area contributed by atoms with E-state index in [1.54, 1.807) is 29.5 Å². The summed E-state index contributed by atoms with van der Waals surface area (Å²) in [5, 5.41) is 19.3. The maximum atomic E-state index is 8.83. The second-order valence-electron chi connectivity index (χ2n) is 4.19. The number of ether oxygens (including phenoxy) is 1. The van der Waals surface area contributed by atoms with E-state index in [0.717, 1.165) is 4.88 Å². The Morgan fingerprint density at radius 1 is 1.27 bits per heavy atom. The van der Waals surface area contributed by atoms with Crippen molar-refractivity contribution < 1.29 is 9.15 Å². The third-order valence-corrected chi connectivity index (χ3v) is 4.32. The summed E-state index contributed by atoms with van der Waals surface area (Å²) in [6, 6.07) is 13.1. The van der Waals surface area contributed by atoms with Gasteiger partial charge in [0.05, 0.1) is 23.1 Å². The molecule has 0 atom stereocenters. The van der Waals surface area contributed by atoms with Gasteiger partial charge in [-0.3, -0.25) is 0 Å². The highest BCUT2D eigenvalue weighted by atomic mass is 32.2. The van der Waals surface area contributed by atoms with Crippen molar-refractivity contribution in [2.45, 2.75) is 5.22 Å². The van der Waals surface area contributed by atoms with E-state index < -0.39 is 0 Å². The average Bonchev–Trinajstić information content (AvgIpc) is 3.23. The Hall–Kier alpha value is -2.30. The third kappa shape index (κ3) is 3.67. The number of aromatic nitrogens is 2. The Morgan fingerprint density at radius 3 is 3.05 bits per heavy atom. The van der Waals surface area contributed by atoms with E-state index in [4.69, 9.17) is 14.4 Å². The molecule has 3 rings (SSSR count). The molecule has 0 unspecified atom stereocenters. The second-order valence-corrected chi connectivity index (χ2v) is 6.18. The number of thiophene rings is 1. The zero-order valence-corrected chi connectivity index (χ0v) is 13.1. The number of rotatable bonds is 6. The first kappa shape index (κ1) is 14.6. The van der Waals surface area contributed by atoms with Crippen molar-refractivity contribution in [2.24, 2.45) is 0 Å². The molecule has 0 bridgehead atoms. The molecular weight excluding hydrogens is 318 g/mol. The SMILES string of the molecule is N#Cc1cccc(OCCSc2nnc(-c3cccs3)o2)c1. The normalized spacial score (nSPS) is 10.3. The Bertz CT molecular complexity index is 778. The predicted octanol–water partition coefficient (Wildman–Crippen LogP) is 3.84. The highest BCUT2D eigenvalue weighted by Gasteiger charge is 2.09. The molecule has 0 radical (unpaired) electrons. The van der Waals surface area contributed by atoms with Crippen molar-refractivity contribution in [1.82, 2.24) is 10.2 Å². The van der Waals surface area contributed by atoms with Gasteiger partial charge in [0.15, 0.2) is 0 Å². The quantitative estimate of drug-likeness (QED) is 0.505. The molecule has 1 aromatic carbocycles. The van der Waals surface area contributed by atoms with E-state index in [-0.39, 0.29) is 0 Å². The van der Waals surface area contributed by atoms with Gasteiger partial charge in [-0.25, -0.2) is 0 Å². The van der Waals surface area contributed by atoms with Crippen LogP contribution < -0.4 is 4.74 Å². The van der Waals surface area contributed by atoms with Crippen LogP contribution in [0.1, 0.15) is 5.56 Å². The summed E-state index contributed by atoms with van der Waals surface area (Å²) >= 11 is 3.00. The highest BCUT2D eigenvalue weighted by Crippen LogP contribution is 2.26. The summed E-state index contributed by atoms with van der Waals surface area (Å²) in [4.78, 5) is 0.962. The largest absolute Gasteiger partial charge is 0.493 e. The van der Waals surface area contributed by atoms with E-state index in [1.807, 2.05) is 23.6 Å². The van der Waals surface area contributed by atoms with Gasteiger partial charge in [0.2, 0.25) is 0 Å². The summed E-state index contributed by atoms with van der Waals surface area (Å²) in [5.41, 5.74) is 0.586. The summed E-state index contributed by atoms with van der Waals surface area (Å²) < 4.78 is 11.2. The minimum absolute atomic E-state index is 0.496. The first-order valence-corrected chi connectivity index (χ1v) is 8.35. The molecule has 3 aromatic rings. The smallest absolute Gasteiger partial charge is 0.277 e. The lowest BCUT2D eigenvalue weighted by molar-refractivity contribution is 0.343. The van der Waals surface area contributed by atoms with E-state index in [9.17, 15) is 0 Å². The molecule has 22 heavy (non-hydrogen) atoms. The van der Waals surface area contributed by atoms with Crippen LogP contribution in [0.2, 0.25) is 0 Å². The van der Waals surface area contributed by atoms with Crippen LogP contribution in [0.3, 0.4) is 0 Å². The molecule has 0 saturated carbocycles. The van der Waals surface area contributed by atoms with E-state index in [1.165, 1.54) is 11.8 Å². The predicted molar refractivity (Wildman–Crippen MR) is 85.0 cm³/mol. The van der Waals surface area contributed by atoms with Gasteiger partial charge in [-0.1, -0.05) is 23.9 Å². The molecule has 2 heterocycles. The number of hydrogen-bond acceptors (Lipinski definition) is 7. The number of thioether (sulfide) groups is 1. The lowest BCUT2D eigenvalue weighted by atomic mass is 10.2. The summed E-state index contributed by atoms with van der Waals surface area (Å²) in [6.45, 7) is 0.496. The molecule has 110 valence electrons. The second kappa shape index (κ2) is 7.11. The van der Waals surface area contributed by atoms with E-state index in [2.05, 4.69) is 16.3 Å². The molecule has 0 aliphatic rings. The number of nitriles is 1. The summed E-state index contributed by atoms with van der Waals surface area (Å²) in [7, 11) is 0. The number of nitrogens with zero attached hydrogens (tertiary/aromatic N) is 3. The fourth-order valence-electron chi connectivity index (χ4n) is 1.71. The van der Waals surface area contributed by atoms with Crippen LogP contribution >= 0.6 is 23.1 Å². The molecule has 0 spiro atoms. The summed E-state index contributed by atoms with van der Waals surface area (Å²) in [6.07, 6.45) is 0. The van der Waals surface area contributed by atoms with Gasteiger partial charge in [-0.15, -0.1) is 21.5 Å². The van der Waals surface area contributed by atoms with Crippen molar-refractivity contribution in [3.63, 3.8) is 0 Å². The lowest BCUT2D eigenvalue weighted by Crippen LogP contribution is -2.00. The van der Waals surface area contributed by atoms with Crippen molar-refractivity contribution in [3.05, 3.63) is 47.3 Å². The van der Waals surface area contributed by atoms with Crippen LogP contribution in [0, 0.1) is 11.3 Å². The van der Waals surface area contributed by atoms with E-state index >= 15 is 0 Å². The monoisotopic (exact) mass is 329 g/mol. The molecule has 0 aliphatic heterocycles. The third-order valence-electron chi connectivity index (χ3n) is 2.68. The van der Waals surface area contributed by atoms with Crippen molar-refractivity contribution in [3.8, 4) is 22.6 Å². The van der Waals surface area contributed by atoms with Gasteiger partial charge in [0.1, 0.15) is 5.75 Å². The minimum Gasteiger partial charge on any atom is -0.493 e. The first-order valence-electron chi connectivity index (χ1n) is 6.48. The van der Waals surface area contributed by atoms with Crippen LogP contribution in [0.5, 0.6) is 5.75 Å². The van der Waals surface area contributed by atoms with Gasteiger partial charge in [0.25, 0.3) is 11.1 Å². The number of hydrogen-bond donors (Lipinski definition) is 0. The molecule has 5 nitrogen and oxygen atoms in total. The fourth-order valence-corrected chi connectivity index (χ4v) is 2.93. The van der Waals surface area contributed by atoms with Gasteiger partial charge in [0, 0.05) is 5.75 Å². The molecule has 0 amide bonds. The van der Waals surface area contributed by atoms with Crippen molar-refractivity contribution in [2.75, 3.05) is 12.4 Å². The maximum Gasteiger partial charge on any atom is 0.277 e. The zero-order valence-electron chi connectivity index (χ0n) is 11.4. The lowest BCUT2D eigenvalue weighted by Gasteiger charge is -2.04. The van der Waals surface area contributed by atoms with Crippen LogP contribution in [0.15, 0.2) is 51.4 Å². The molecule has 7 heteroatoms. The van der Waals surface area contributed by atoms with Crippen LogP contribution in [-0.2, 0) is 0 Å². The zero-order chi connectivity index (χ0) is 15.2. The Morgan fingerprint density at radius 2 is 2.23 bits per heavy atom. The molecule has 0 fully saturated rings. The van der Waals surface area contributed by atoms with Crippen molar-refractivity contribution in [1.29, 1.82) is 5.26 Å². The molecular formula is C15H11N3O2S2. The first-order chi connectivity index (χ1) is 10.8. The van der Waals surface area contributed by atoms with Crippen LogP contribution in [-0.4, -0.2) is 22.6 Å². The van der Waals surface area contributed by atoms with Crippen molar-refractivity contribution >= 4 is 23.1 Å². The molecule has 0 N–H and O–H groups in total. The number of benzene rings is 1. The fraction of sp³-hybridized carbons (Fsp3) is 0.133. The summed E-state index contributed by atoms with van der Waals surface area (Å²) in [5.74, 6) is 1.91. The topological polar surface area (TPSA) is 71.9 Å². The molecule has 0 aliphatic carbocycles. The van der Waals surface area contributed by atoms with E-state index in [0.29, 0.717) is 34.8 Å². The highest BCUT2D eigenvalue weighted by molar-refractivity contribution is 7.99. The van der Waals surface area contributed by atoms with Crippen LogP contribution in [0.4, 0.5) is 0 Å². The Kier molecular flexibility index (Phi) is 4.73. The van der Waals surface area contributed by atoms with Gasteiger partial charge in [-0.2, -0.15) is 5.26 Å². The average molecular weight is 329 g/mol. The van der Waals surface area contributed by atoms with Crippen LogP contribution in [0.25, 0.3) is 10.8 Å². The maximum absolute atomic E-state index is 8.83. The minimum atomic E-state index is 0.496. The molecule has 2 aromatic heterocycles. The molecule has 0 saturated heterocycles. The Balaban J connectivity index is 1.48. The standard InChI is InChI=1S/C15H11N3O2S2/c16-10-11-3-1-4-12(9-11)19-6-8-22-15-18-17-14(20-15)13-5-2-7-21-13/h1-5,7,9H,6,8H2. The van der Waals surface area contributed by atoms with Gasteiger partial charge >= 0.3 is 0 Å². The Labute approximate surface area is 135 Å². The van der Waals surface area contributed by atoms with Gasteiger partial charge in [-0.05, 0) is 29.6 Å². The van der Waals surface area contributed by atoms with Gasteiger partial charge < -0.3 is 9.15 Å².